The van der Waals surface area contributed by atoms with Gasteiger partial charge in [-0.25, -0.2) is 8.42 Å². The zero-order chi connectivity index (χ0) is 11.2. The Labute approximate surface area is 88.2 Å². The summed E-state index contributed by atoms with van der Waals surface area (Å²) < 4.78 is 22.2. The van der Waals surface area contributed by atoms with E-state index in [-0.39, 0.29) is 11.8 Å². The molecular formula is C10H23NO2S. The van der Waals surface area contributed by atoms with E-state index in [0.717, 1.165) is 19.4 Å². The molecule has 0 aliphatic carbocycles. The van der Waals surface area contributed by atoms with Crippen LogP contribution in [0.2, 0.25) is 0 Å². The lowest BCUT2D eigenvalue weighted by Crippen LogP contribution is -2.35. The molecule has 0 aliphatic heterocycles. The van der Waals surface area contributed by atoms with Crippen LogP contribution in [-0.4, -0.2) is 33.0 Å². The molecule has 0 saturated heterocycles. The van der Waals surface area contributed by atoms with E-state index < -0.39 is 9.84 Å². The van der Waals surface area contributed by atoms with Crippen LogP contribution >= 0.6 is 0 Å². The van der Waals surface area contributed by atoms with Crippen LogP contribution in [0.15, 0.2) is 0 Å². The molecule has 86 valence electrons. The lowest BCUT2D eigenvalue weighted by atomic mass is 10.0. The van der Waals surface area contributed by atoms with Crippen molar-refractivity contribution in [1.29, 1.82) is 0 Å². The molecule has 0 radical (unpaired) electrons. The van der Waals surface area contributed by atoms with Gasteiger partial charge in [0.15, 0.2) is 0 Å². The molecule has 4 heteroatoms. The standard InChI is InChI=1S/C10H23NO2S/c1-5-11-10(7-6-9(2)3)8-14(4,12)13/h9-11H,5-8H2,1-4H3. The Kier molecular flexibility index (Phi) is 6.36. The molecule has 0 saturated carbocycles. The maximum Gasteiger partial charge on any atom is 0.148 e. The maximum absolute atomic E-state index is 11.1. The monoisotopic (exact) mass is 221 g/mol. The first-order valence-electron chi connectivity index (χ1n) is 5.26. The maximum atomic E-state index is 11.1. The second-order valence-corrected chi connectivity index (χ2v) is 6.50. The van der Waals surface area contributed by atoms with Crippen molar-refractivity contribution in [1.82, 2.24) is 5.32 Å². The summed E-state index contributed by atoms with van der Waals surface area (Å²) in [5.74, 6) is 0.892. The Morgan fingerprint density at radius 1 is 1.21 bits per heavy atom. The van der Waals surface area contributed by atoms with Gasteiger partial charge in [-0.3, -0.25) is 0 Å². The van der Waals surface area contributed by atoms with E-state index in [1.54, 1.807) is 0 Å². The molecule has 0 aromatic heterocycles. The molecule has 1 N–H and O–H groups in total. The summed E-state index contributed by atoms with van der Waals surface area (Å²) >= 11 is 0. The van der Waals surface area contributed by atoms with Crippen molar-refractivity contribution in [3.8, 4) is 0 Å². The predicted molar refractivity (Wildman–Crippen MR) is 61.2 cm³/mol. The average Bonchev–Trinajstić information content (AvgIpc) is 1.98. The summed E-state index contributed by atoms with van der Waals surface area (Å²) in [6, 6.07) is 0.123. The van der Waals surface area contributed by atoms with Crippen LogP contribution in [0.25, 0.3) is 0 Å². The van der Waals surface area contributed by atoms with Crippen molar-refractivity contribution in [3.05, 3.63) is 0 Å². The van der Waals surface area contributed by atoms with Gasteiger partial charge in [0.2, 0.25) is 0 Å². The first kappa shape index (κ1) is 13.9. The van der Waals surface area contributed by atoms with Crippen molar-refractivity contribution < 1.29 is 8.42 Å². The average molecular weight is 221 g/mol. The largest absolute Gasteiger partial charge is 0.313 e. The van der Waals surface area contributed by atoms with Gasteiger partial charge in [0.1, 0.15) is 9.84 Å². The van der Waals surface area contributed by atoms with Crippen molar-refractivity contribution in [2.45, 2.75) is 39.7 Å². The second kappa shape index (κ2) is 6.40. The summed E-state index contributed by atoms with van der Waals surface area (Å²) in [6.45, 7) is 7.15. The molecule has 0 aromatic rings. The van der Waals surface area contributed by atoms with E-state index in [1.165, 1.54) is 6.26 Å². The Morgan fingerprint density at radius 3 is 2.14 bits per heavy atom. The second-order valence-electron chi connectivity index (χ2n) is 4.32. The zero-order valence-electron chi connectivity index (χ0n) is 9.71. The molecular weight excluding hydrogens is 198 g/mol. The number of nitrogens with one attached hydrogen (secondary N) is 1. The van der Waals surface area contributed by atoms with Gasteiger partial charge >= 0.3 is 0 Å². The molecule has 1 atom stereocenters. The molecule has 0 spiro atoms. The van der Waals surface area contributed by atoms with Crippen molar-refractivity contribution >= 4 is 9.84 Å². The topological polar surface area (TPSA) is 46.2 Å². The van der Waals surface area contributed by atoms with Gasteiger partial charge in [0, 0.05) is 12.3 Å². The van der Waals surface area contributed by atoms with Crippen LogP contribution in [0.5, 0.6) is 0 Å². The van der Waals surface area contributed by atoms with Gasteiger partial charge < -0.3 is 5.32 Å². The summed E-state index contributed by atoms with van der Waals surface area (Å²) in [7, 11) is -2.86. The molecule has 0 heterocycles. The molecule has 0 fully saturated rings. The smallest absolute Gasteiger partial charge is 0.148 e. The fraction of sp³-hybridized carbons (Fsp3) is 1.00. The fourth-order valence-corrected chi connectivity index (χ4v) is 2.45. The minimum Gasteiger partial charge on any atom is -0.313 e. The summed E-state index contributed by atoms with van der Waals surface area (Å²) in [5.41, 5.74) is 0. The summed E-state index contributed by atoms with van der Waals surface area (Å²) in [5, 5.41) is 3.22. The third-order valence-electron chi connectivity index (χ3n) is 2.09. The van der Waals surface area contributed by atoms with E-state index in [4.69, 9.17) is 0 Å². The lowest BCUT2D eigenvalue weighted by molar-refractivity contribution is 0.457. The molecule has 0 amide bonds. The van der Waals surface area contributed by atoms with Crippen molar-refractivity contribution in [2.75, 3.05) is 18.6 Å². The van der Waals surface area contributed by atoms with Crippen LogP contribution in [-0.2, 0) is 9.84 Å². The summed E-state index contributed by atoms with van der Waals surface area (Å²) in [4.78, 5) is 0. The number of rotatable bonds is 7. The molecule has 3 nitrogen and oxygen atoms in total. The Bertz CT molecular complexity index is 235. The highest BCUT2D eigenvalue weighted by Gasteiger charge is 2.14. The van der Waals surface area contributed by atoms with Gasteiger partial charge in [0.05, 0.1) is 5.75 Å². The summed E-state index contributed by atoms with van der Waals surface area (Å²) in [6.07, 6.45) is 3.32. The number of hydrogen-bond donors (Lipinski definition) is 1. The number of hydrogen-bond acceptors (Lipinski definition) is 3. The van der Waals surface area contributed by atoms with Gasteiger partial charge in [-0.15, -0.1) is 0 Å². The van der Waals surface area contributed by atoms with E-state index in [1.807, 2.05) is 6.92 Å². The van der Waals surface area contributed by atoms with Crippen LogP contribution in [0.4, 0.5) is 0 Å². The van der Waals surface area contributed by atoms with Gasteiger partial charge in [-0.1, -0.05) is 20.8 Å². The Balaban J connectivity index is 4.02. The van der Waals surface area contributed by atoms with E-state index >= 15 is 0 Å². The highest BCUT2D eigenvalue weighted by molar-refractivity contribution is 7.90. The molecule has 0 aliphatic rings. The van der Waals surface area contributed by atoms with Gasteiger partial charge in [-0.2, -0.15) is 0 Å². The van der Waals surface area contributed by atoms with Crippen LogP contribution in [0.1, 0.15) is 33.6 Å². The molecule has 0 bridgehead atoms. The molecule has 0 aromatic carbocycles. The minimum atomic E-state index is -2.86. The van der Waals surface area contributed by atoms with E-state index in [0.29, 0.717) is 5.92 Å². The fourth-order valence-electron chi connectivity index (χ4n) is 1.43. The molecule has 1 unspecified atom stereocenters. The van der Waals surface area contributed by atoms with Crippen molar-refractivity contribution in [2.24, 2.45) is 5.92 Å². The number of sulfone groups is 1. The Hall–Kier alpha value is -0.0900. The SMILES string of the molecule is CCNC(CCC(C)C)CS(C)(=O)=O. The lowest BCUT2D eigenvalue weighted by Gasteiger charge is -2.17. The van der Waals surface area contributed by atoms with Crippen molar-refractivity contribution in [3.63, 3.8) is 0 Å². The van der Waals surface area contributed by atoms with Gasteiger partial charge in [-0.05, 0) is 25.3 Å². The molecule has 14 heavy (non-hydrogen) atoms. The third kappa shape index (κ3) is 8.51. The highest BCUT2D eigenvalue weighted by Crippen LogP contribution is 2.08. The Morgan fingerprint density at radius 2 is 1.79 bits per heavy atom. The highest BCUT2D eigenvalue weighted by atomic mass is 32.2. The van der Waals surface area contributed by atoms with E-state index in [2.05, 4.69) is 19.2 Å². The zero-order valence-corrected chi connectivity index (χ0v) is 10.5. The normalized spacial score (nSPS) is 14.6. The third-order valence-corrected chi connectivity index (χ3v) is 3.10. The van der Waals surface area contributed by atoms with E-state index in [9.17, 15) is 8.42 Å². The van der Waals surface area contributed by atoms with Crippen LogP contribution < -0.4 is 5.32 Å². The van der Waals surface area contributed by atoms with Gasteiger partial charge in [0.25, 0.3) is 0 Å². The van der Waals surface area contributed by atoms with Crippen LogP contribution in [0, 0.1) is 5.92 Å². The molecule has 0 rings (SSSR count). The first-order valence-corrected chi connectivity index (χ1v) is 7.32. The van der Waals surface area contributed by atoms with Crippen LogP contribution in [0.3, 0.4) is 0 Å². The first-order chi connectivity index (χ1) is 6.35. The quantitative estimate of drug-likeness (QED) is 0.707. The minimum absolute atomic E-state index is 0.123. The predicted octanol–water partition coefficient (Wildman–Crippen LogP) is 1.45.